The number of hydrogen-bond donors (Lipinski definition) is 2. The van der Waals surface area contributed by atoms with Gasteiger partial charge in [0.15, 0.2) is 0 Å². The first-order valence-electron chi connectivity index (χ1n) is 9.73. The number of hydrogen-bond acceptors (Lipinski definition) is 5. The topological polar surface area (TPSA) is 95.9 Å². The normalized spacial score (nSPS) is 10.7. The van der Waals surface area contributed by atoms with Crippen LogP contribution >= 0.6 is 0 Å². The van der Waals surface area contributed by atoms with E-state index in [1.807, 2.05) is 61.5 Å². The Hall–Kier alpha value is -4.20. The largest absolute Gasteiger partial charge is 0.378 e. The van der Waals surface area contributed by atoms with Gasteiger partial charge >= 0.3 is 0 Å². The Balaban J connectivity index is 1.77. The van der Waals surface area contributed by atoms with Gasteiger partial charge in [-0.25, -0.2) is 4.98 Å². The monoisotopic (exact) mass is 414 g/mol. The second-order valence-electron chi connectivity index (χ2n) is 7.30. The highest BCUT2D eigenvalue weighted by Crippen LogP contribution is 2.24. The Morgan fingerprint density at radius 3 is 2.52 bits per heavy atom. The average Bonchev–Trinajstić information content (AvgIpc) is 3.17. The van der Waals surface area contributed by atoms with Gasteiger partial charge in [0.05, 0.1) is 5.69 Å². The molecule has 0 fully saturated rings. The van der Waals surface area contributed by atoms with Gasteiger partial charge in [-0.2, -0.15) is 9.78 Å². The number of rotatable bonds is 5. The van der Waals surface area contributed by atoms with Crippen LogP contribution in [-0.4, -0.2) is 39.8 Å². The molecule has 156 valence electrons. The summed E-state index contributed by atoms with van der Waals surface area (Å²) in [6, 6.07) is 20.0. The van der Waals surface area contributed by atoms with Gasteiger partial charge in [-0.15, -0.1) is 0 Å². The van der Waals surface area contributed by atoms with Crippen molar-refractivity contribution in [3.05, 3.63) is 88.3 Å². The molecule has 2 aromatic carbocycles. The zero-order valence-corrected chi connectivity index (χ0v) is 17.5. The fraction of sp³-hybridized carbons (Fsp3) is 0.130. The number of benzene rings is 2. The predicted molar refractivity (Wildman–Crippen MR) is 121 cm³/mol. The van der Waals surface area contributed by atoms with Gasteiger partial charge in [0, 0.05) is 48.7 Å². The van der Waals surface area contributed by atoms with Gasteiger partial charge in [-0.3, -0.25) is 14.6 Å². The molecule has 2 aromatic heterocycles. The van der Waals surface area contributed by atoms with E-state index in [0.29, 0.717) is 22.8 Å². The number of aryl methyl sites for hydroxylation is 1. The van der Waals surface area contributed by atoms with Crippen molar-refractivity contribution < 1.29 is 4.79 Å². The quantitative estimate of drug-likeness (QED) is 0.523. The second-order valence-corrected chi connectivity index (χ2v) is 7.30. The van der Waals surface area contributed by atoms with Crippen molar-refractivity contribution >= 4 is 17.4 Å². The maximum Gasteiger partial charge on any atom is 0.256 e. The molecule has 0 aliphatic carbocycles. The van der Waals surface area contributed by atoms with Gasteiger partial charge in [0.1, 0.15) is 5.82 Å². The molecule has 2 N–H and O–H groups in total. The summed E-state index contributed by atoms with van der Waals surface area (Å²) < 4.78 is 1.43. The van der Waals surface area contributed by atoms with Crippen LogP contribution in [0.15, 0.2) is 71.5 Å². The van der Waals surface area contributed by atoms with Crippen molar-refractivity contribution in [2.45, 2.75) is 6.92 Å². The highest BCUT2D eigenvalue weighted by Gasteiger charge is 2.17. The molecule has 0 atom stereocenters. The third-order valence-corrected chi connectivity index (χ3v) is 4.70. The summed E-state index contributed by atoms with van der Waals surface area (Å²) in [7, 11) is 3.83. The van der Waals surface area contributed by atoms with Crippen LogP contribution in [0.1, 0.15) is 16.1 Å². The zero-order chi connectivity index (χ0) is 22.0. The van der Waals surface area contributed by atoms with Gasteiger partial charge in [-0.05, 0) is 25.1 Å². The molecule has 0 radical (unpaired) electrons. The first kappa shape index (κ1) is 20.1. The fourth-order valence-corrected chi connectivity index (χ4v) is 3.16. The molecule has 0 aliphatic rings. The van der Waals surface area contributed by atoms with E-state index in [-0.39, 0.29) is 17.4 Å². The highest BCUT2D eigenvalue weighted by atomic mass is 16.1. The number of amides is 1. The predicted octanol–water partition coefficient (Wildman–Crippen LogP) is 3.25. The van der Waals surface area contributed by atoms with Crippen LogP contribution in [0.4, 0.5) is 11.5 Å². The first-order valence-corrected chi connectivity index (χ1v) is 9.73. The summed E-state index contributed by atoms with van der Waals surface area (Å²) in [5, 5.41) is 7.49. The van der Waals surface area contributed by atoms with Crippen molar-refractivity contribution in [3.8, 4) is 17.2 Å². The molecule has 31 heavy (non-hydrogen) atoms. The van der Waals surface area contributed by atoms with Gasteiger partial charge in [-0.1, -0.05) is 36.4 Å². The summed E-state index contributed by atoms with van der Waals surface area (Å²) >= 11 is 0. The average molecular weight is 414 g/mol. The lowest BCUT2D eigenvalue weighted by Crippen LogP contribution is -2.19. The van der Waals surface area contributed by atoms with E-state index in [0.717, 1.165) is 11.3 Å². The van der Waals surface area contributed by atoms with Crippen LogP contribution in [-0.2, 0) is 0 Å². The fourth-order valence-electron chi connectivity index (χ4n) is 3.16. The standard InChI is InChI=1S/C23H22N6O2/c1-15-12-21(30)26-23(24-15)29-20(14-19(27-29)16-8-5-4-6-9-16)25-22(31)17-10-7-11-18(13-17)28(2)3/h4-14H,1-3H3,(H,25,31)(H,24,26,30). The summed E-state index contributed by atoms with van der Waals surface area (Å²) in [5.41, 5.74) is 3.19. The van der Waals surface area contributed by atoms with E-state index >= 15 is 0 Å². The molecule has 0 saturated heterocycles. The SMILES string of the molecule is Cc1cc(=O)[nH]c(-n2nc(-c3ccccc3)cc2NC(=O)c2cccc(N(C)C)c2)n1. The lowest BCUT2D eigenvalue weighted by Gasteiger charge is -2.13. The minimum atomic E-state index is -0.296. The van der Waals surface area contributed by atoms with E-state index in [1.165, 1.54) is 10.7 Å². The molecule has 4 aromatic rings. The van der Waals surface area contributed by atoms with Crippen molar-refractivity contribution in [1.82, 2.24) is 19.7 Å². The Labute approximate surface area is 179 Å². The number of H-pyrrole nitrogens is 1. The van der Waals surface area contributed by atoms with Gasteiger partial charge in [0.25, 0.3) is 11.5 Å². The van der Waals surface area contributed by atoms with Crippen molar-refractivity contribution in [2.75, 3.05) is 24.3 Å². The minimum absolute atomic E-state index is 0.226. The molecule has 0 unspecified atom stereocenters. The number of carbonyl (C=O) groups excluding carboxylic acids is 1. The summed E-state index contributed by atoms with van der Waals surface area (Å²) in [4.78, 5) is 34.0. The molecular formula is C23H22N6O2. The lowest BCUT2D eigenvalue weighted by molar-refractivity contribution is 0.102. The number of aromatic nitrogens is 4. The minimum Gasteiger partial charge on any atom is -0.378 e. The number of aromatic amines is 1. The van der Waals surface area contributed by atoms with Gasteiger partial charge in [0.2, 0.25) is 5.95 Å². The van der Waals surface area contributed by atoms with E-state index in [4.69, 9.17) is 0 Å². The van der Waals surface area contributed by atoms with Crippen LogP contribution < -0.4 is 15.8 Å². The Morgan fingerprint density at radius 2 is 1.81 bits per heavy atom. The molecule has 0 spiro atoms. The van der Waals surface area contributed by atoms with Crippen molar-refractivity contribution in [3.63, 3.8) is 0 Å². The van der Waals surface area contributed by atoms with Crippen LogP contribution in [0.2, 0.25) is 0 Å². The molecule has 0 aliphatic heterocycles. The van der Waals surface area contributed by atoms with E-state index < -0.39 is 0 Å². The Kier molecular flexibility index (Phi) is 5.36. The Bertz CT molecular complexity index is 1290. The van der Waals surface area contributed by atoms with Crippen LogP contribution in [0.3, 0.4) is 0 Å². The van der Waals surface area contributed by atoms with Crippen LogP contribution in [0.25, 0.3) is 17.2 Å². The maximum atomic E-state index is 13.0. The van der Waals surface area contributed by atoms with Crippen LogP contribution in [0, 0.1) is 6.92 Å². The maximum absolute atomic E-state index is 13.0. The molecule has 2 heterocycles. The molecule has 4 rings (SSSR count). The molecule has 0 saturated carbocycles. The Morgan fingerprint density at radius 1 is 1.03 bits per heavy atom. The molecular weight excluding hydrogens is 392 g/mol. The van der Waals surface area contributed by atoms with Crippen molar-refractivity contribution in [2.24, 2.45) is 0 Å². The van der Waals surface area contributed by atoms with Gasteiger partial charge < -0.3 is 10.2 Å². The van der Waals surface area contributed by atoms with Crippen molar-refractivity contribution in [1.29, 1.82) is 0 Å². The molecule has 8 nitrogen and oxygen atoms in total. The lowest BCUT2D eigenvalue weighted by atomic mass is 10.1. The zero-order valence-electron chi connectivity index (χ0n) is 17.5. The third kappa shape index (κ3) is 4.37. The smallest absolute Gasteiger partial charge is 0.256 e. The summed E-state index contributed by atoms with van der Waals surface area (Å²) in [6.07, 6.45) is 0. The van der Waals surface area contributed by atoms with E-state index in [2.05, 4.69) is 20.4 Å². The number of nitrogens with one attached hydrogen (secondary N) is 2. The summed E-state index contributed by atoms with van der Waals surface area (Å²) in [6.45, 7) is 1.73. The first-order chi connectivity index (χ1) is 14.9. The molecule has 0 bridgehead atoms. The number of anilines is 2. The number of carbonyl (C=O) groups is 1. The van der Waals surface area contributed by atoms with Crippen LogP contribution in [0.5, 0.6) is 0 Å². The molecule has 8 heteroatoms. The second kappa shape index (κ2) is 8.27. The van der Waals surface area contributed by atoms with E-state index in [9.17, 15) is 9.59 Å². The summed E-state index contributed by atoms with van der Waals surface area (Å²) in [5.74, 6) is 0.330. The number of nitrogens with zero attached hydrogens (tertiary/aromatic N) is 4. The third-order valence-electron chi connectivity index (χ3n) is 4.70. The molecule has 1 amide bonds. The van der Waals surface area contributed by atoms with E-state index in [1.54, 1.807) is 25.1 Å². The highest BCUT2D eigenvalue weighted by molar-refractivity contribution is 6.04.